The lowest BCUT2D eigenvalue weighted by atomic mass is 10.1. The number of imidazole rings is 1. The van der Waals surface area contributed by atoms with Gasteiger partial charge in [0.1, 0.15) is 17.7 Å². The fourth-order valence-corrected chi connectivity index (χ4v) is 3.46. The number of hydrogen-bond donors (Lipinski definition) is 2. The molecule has 2 aromatic heterocycles. The second-order valence-corrected chi connectivity index (χ2v) is 6.04. The number of benzene rings is 1. The average Bonchev–Trinajstić information content (AvgIpc) is 3.05. The van der Waals surface area contributed by atoms with E-state index in [-0.39, 0.29) is 0 Å². The lowest BCUT2D eigenvalue weighted by molar-refractivity contribution is 0.0699. The lowest BCUT2D eigenvalue weighted by Crippen LogP contribution is -2.23. The summed E-state index contributed by atoms with van der Waals surface area (Å²) >= 11 is 0. The van der Waals surface area contributed by atoms with Crippen molar-refractivity contribution in [3.05, 3.63) is 36.3 Å². The van der Waals surface area contributed by atoms with Gasteiger partial charge in [0, 0.05) is 24.6 Å². The van der Waals surface area contributed by atoms with Crippen LogP contribution < -0.4 is 5.32 Å². The predicted octanol–water partition coefficient (Wildman–Crippen LogP) is 2.66. The van der Waals surface area contributed by atoms with Gasteiger partial charge in [-0.15, -0.1) is 0 Å². The summed E-state index contributed by atoms with van der Waals surface area (Å²) in [6, 6.07) is 8.55. The third kappa shape index (κ3) is 2.98. The molecule has 1 fully saturated rings. The highest BCUT2D eigenvalue weighted by Crippen LogP contribution is 2.31. The number of para-hydroxylation sites is 1. The van der Waals surface area contributed by atoms with Crippen LogP contribution in [0.4, 0.5) is 0 Å². The molecule has 0 amide bonds. The number of rotatable bonds is 5. The molecule has 3 aromatic rings. The summed E-state index contributed by atoms with van der Waals surface area (Å²) in [7, 11) is 0. The van der Waals surface area contributed by atoms with Crippen molar-refractivity contribution in [1.29, 1.82) is 5.41 Å². The Morgan fingerprint density at radius 2 is 2.12 bits per heavy atom. The van der Waals surface area contributed by atoms with E-state index >= 15 is 0 Å². The van der Waals surface area contributed by atoms with Gasteiger partial charge in [0.2, 0.25) is 0 Å². The van der Waals surface area contributed by atoms with Gasteiger partial charge in [-0.3, -0.25) is 10.4 Å². The molecule has 0 atom stereocenters. The van der Waals surface area contributed by atoms with E-state index in [0.717, 1.165) is 60.2 Å². The Balaban J connectivity index is 1.86. The highest BCUT2D eigenvalue weighted by atomic mass is 16.5. The molecule has 4 rings (SSSR count). The molecule has 128 valence electrons. The normalized spacial score (nSPS) is 16.0. The zero-order valence-corrected chi connectivity index (χ0v) is 13.9. The number of nitrogens with zero attached hydrogens (tertiary/aromatic N) is 4. The van der Waals surface area contributed by atoms with E-state index < -0.39 is 0 Å². The van der Waals surface area contributed by atoms with Gasteiger partial charge >= 0.3 is 0 Å². The van der Waals surface area contributed by atoms with Crippen LogP contribution in [0.25, 0.3) is 21.9 Å². The molecule has 1 aliphatic heterocycles. The molecular formula is C18H20N6O. The van der Waals surface area contributed by atoms with Crippen LogP contribution in [0.1, 0.15) is 24.7 Å². The molecular weight excluding hydrogens is 316 g/mol. The number of nitrogens with one attached hydrogen (secondary N) is 2. The molecule has 0 bridgehead atoms. The van der Waals surface area contributed by atoms with Crippen molar-refractivity contribution in [3.63, 3.8) is 0 Å². The van der Waals surface area contributed by atoms with E-state index in [2.05, 4.69) is 25.9 Å². The molecule has 2 N–H and O–H groups in total. The first kappa shape index (κ1) is 15.7. The van der Waals surface area contributed by atoms with Gasteiger partial charge in [-0.05, 0) is 18.9 Å². The monoisotopic (exact) mass is 336 g/mol. The molecule has 1 aliphatic rings. The standard InChI is InChI=1S/C18H20N6O/c19-11-21-12-20-10-17-23-16-9-22-15-4-2-1-3-14(15)18(16)24(17)13-5-7-25-8-6-13/h1-4,9,11-13H,5-8,10H2,(H2,19,20,21). The fourth-order valence-electron chi connectivity index (χ4n) is 3.46. The lowest BCUT2D eigenvalue weighted by Gasteiger charge is -2.26. The Morgan fingerprint density at radius 1 is 1.28 bits per heavy atom. The first-order valence-electron chi connectivity index (χ1n) is 8.45. The molecule has 7 nitrogen and oxygen atoms in total. The molecule has 1 aromatic carbocycles. The molecule has 25 heavy (non-hydrogen) atoms. The molecule has 0 aliphatic carbocycles. The zero-order chi connectivity index (χ0) is 17.1. The predicted molar refractivity (Wildman–Crippen MR) is 98.2 cm³/mol. The molecule has 0 spiro atoms. The average molecular weight is 336 g/mol. The summed E-state index contributed by atoms with van der Waals surface area (Å²) in [5, 5.41) is 11.2. The SMILES string of the molecule is N=C/N=C\NCc1nc2cnc3ccccc3c2n1C1CCOCC1. The minimum absolute atomic E-state index is 0.362. The van der Waals surface area contributed by atoms with Crippen molar-refractivity contribution in [3.8, 4) is 0 Å². The fraction of sp³-hybridized carbons (Fsp3) is 0.333. The van der Waals surface area contributed by atoms with E-state index in [0.29, 0.717) is 12.6 Å². The topological polar surface area (TPSA) is 88.2 Å². The van der Waals surface area contributed by atoms with Crippen molar-refractivity contribution in [2.45, 2.75) is 25.4 Å². The summed E-state index contributed by atoms with van der Waals surface area (Å²) in [6.07, 6.45) is 6.33. The molecule has 7 heteroatoms. The van der Waals surface area contributed by atoms with Gasteiger partial charge in [0.15, 0.2) is 0 Å². The maximum absolute atomic E-state index is 6.96. The molecule has 0 saturated carbocycles. The van der Waals surface area contributed by atoms with E-state index in [1.807, 2.05) is 24.4 Å². The number of fused-ring (bicyclic) bond motifs is 3. The molecule has 0 radical (unpaired) electrons. The minimum Gasteiger partial charge on any atom is -0.381 e. The van der Waals surface area contributed by atoms with Crippen LogP contribution in [0.5, 0.6) is 0 Å². The van der Waals surface area contributed by atoms with Crippen LogP contribution in [0, 0.1) is 5.41 Å². The van der Waals surface area contributed by atoms with Crippen molar-refractivity contribution < 1.29 is 4.74 Å². The highest BCUT2D eigenvalue weighted by Gasteiger charge is 2.23. The number of aromatic nitrogens is 3. The van der Waals surface area contributed by atoms with Crippen molar-refractivity contribution in [1.82, 2.24) is 19.9 Å². The van der Waals surface area contributed by atoms with E-state index in [1.165, 1.54) is 6.34 Å². The van der Waals surface area contributed by atoms with Gasteiger partial charge < -0.3 is 14.6 Å². The summed E-state index contributed by atoms with van der Waals surface area (Å²) in [6.45, 7) is 2.10. The van der Waals surface area contributed by atoms with Crippen LogP contribution in [0.3, 0.4) is 0 Å². The second kappa shape index (κ2) is 6.98. The smallest absolute Gasteiger partial charge is 0.129 e. The van der Waals surface area contributed by atoms with Crippen molar-refractivity contribution in [2.24, 2.45) is 4.99 Å². The Hall–Kier alpha value is -2.80. The largest absolute Gasteiger partial charge is 0.381 e. The number of hydrogen-bond acceptors (Lipinski definition) is 4. The third-order valence-electron chi connectivity index (χ3n) is 4.55. The second-order valence-electron chi connectivity index (χ2n) is 6.04. The van der Waals surface area contributed by atoms with Crippen LogP contribution in [-0.4, -0.2) is 40.4 Å². The Labute approximate surface area is 145 Å². The molecule has 0 unspecified atom stereocenters. The summed E-state index contributed by atoms with van der Waals surface area (Å²) < 4.78 is 7.88. The van der Waals surface area contributed by atoms with Gasteiger partial charge in [0.05, 0.1) is 30.1 Å². The van der Waals surface area contributed by atoms with Gasteiger partial charge in [0.25, 0.3) is 0 Å². The minimum atomic E-state index is 0.362. The van der Waals surface area contributed by atoms with Crippen LogP contribution >= 0.6 is 0 Å². The molecule has 1 saturated heterocycles. The maximum atomic E-state index is 6.96. The van der Waals surface area contributed by atoms with E-state index in [4.69, 9.17) is 15.1 Å². The van der Waals surface area contributed by atoms with Gasteiger partial charge in [-0.25, -0.2) is 9.98 Å². The molecule has 3 heterocycles. The quantitative estimate of drug-likeness (QED) is 0.554. The first-order valence-corrected chi connectivity index (χ1v) is 8.45. The van der Waals surface area contributed by atoms with E-state index in [9.17, 15) is 0 Å². The number of pyridine rings is 1. The van der Waals surface area contributed by atoms with Crippen LogP contribution in [-0.2, 0) is 11.3 Å². The Kier molecular flexibility index (Phi) is 4.39. The maximum Gasteiger partial charge on any atom is 0.129 e. The van der Waals surface area contributed by atoms with Crippen molar-refractivity contribution >= 4 is 34.6 Å². The van der Waals surface area contributed by atoms with Crippen LogP contribution in [0.15, 0.2) is 35.5 Å². The Morgan fingerprint density at radius 3 is 2.96 bits per heavy atom. The number of ether oxygens (including phenoxy) is 1. The van der Waals surface area contributed by atoms with Gasteiger partial charge in [-0.1, -0.05) is 18.2 Å². The Bertz CT molecular complexity index is 926. The van der Waals surface area contributed by atoms with Crippen molar-refractivity contribution in [2.75, 3.05) is 13.2 Å². The summed E-state index contributed by atoms with van der Waals surface area (Å²) in [4.78, 5) is 13.1. The van der Waals surface area contributed by atoms with Crippen LogP contribution in [0.2, 0.25) is 0 Å². The summed E-state index contributed by atoms with van der Waals surface area (Å²) in [5.41, 5.74) is 3.03. The number of aliphatic imine (C=N–C) groups is 1. The van der Waals surface area contributed by atoms with E-state index in [1.54, 1.807) is 0 Å². The third-order valence-corrected chi connectivity index (χ3v) is 4.55. The zero-order valence-electron chi connectivity index (χ0n) is 13.9. The first-order chi connectivity index (χ1) is 12.4. The summed E-state index contributed by atoms with van der Waals surface area (Å²) in [5.74, 6) is 0.955. The highest BCUT2D eigenvalue weighted by molar-refractivity contribution is 6.02. The van der Waals surface area contributed by atoms with Gasteiger partial charge in [-0.2, -0.15) is 0 Å².